The first kappa shape index (κ1) is 117. The predicted octanol–water partition coefficient (Wildman–Crippen LogP) is 31.6. The molecule has 0 rings (SSSR count). The first-order valence-electron chi connectivity index (χ1n) is 47.9. The fourth-order valence-corrected chi connectivity index (χ4v) is 25.3. The van der Waals surface area contributed by atoms with Crippen LogP contribution < -0.4 is 0 Å². The van der Waals surface area contributed by atoms with Crippen molar-refractivity contribution in [3.8, 4) is 0 Å². The maximum Gasteiger partial charge on any atom is 0.500 e. The fraction of sp³-hybridized carbons (Fsp3) is 1.00. The Kier molecular flexibility index (Phi) is 103. The summed E-state index contributed by atoms with van der Waals surface area (Å²) in [4.78, 5) is 0. The Morgan fingerprint density at radius 3 is 0.454 bits per heavy atom. The molecule has 0 heterocycles. The second-order valence-electron chi connectivity index (χ2n) is 31.7. The molecule has 0 N–H and O–H groups in total. The van der Waals surface area contributed by atoms with Gasteiger partial charge in [-0.15, -0.1) is 0 Å². The molecule has 0 aromatic carbocycles. The van der Waals surface area contributed by atoms with E-state index in [0.717, 1.165) is 43.8 Å². The van der Waals surface area contributed by atoms with Crippen molar-refractivity contribution in [3.63, 3.8) is 0 Å². The highest BCUT2D eigenvalue weighted by atomic mass is 28.4. The van der Waals surface area contributed by atoms with Crippen LogP contribution in [-0.2, 0) is 53.1 Å². The lowest BCUT2D eigenvalue weighted by Gasteiger charge is -2.28. The molecule has 0 amide bonds. The van der Waals surface area contributed by atoms with E-state index in [2.05, 4.69) is 68.1 Å². The summed E-state index contributed by atoms with van der Waals surface area (Å²) in [6.45, 7) is 40.2. The summed E-state index contributed by atoms with van der Waals surface area (Å²) in [5.74, 6) is 0. The lowest BCUT2D eigenvalue weighted by Crippen LogP contribution is -2.45. The van der Waals surface area contributed by atoms with Crippen LogP contribution in [0.1, 0.15) is 462 Å². The lowest BCUT2D eigenvalue weighted by molar-refractivity contribution is 0.0698. The van der Waals surface area contributed by atoms with Crippen molar-refractivity contribution in [1.29, 1.82) is 0 Å². The smallest absolute Gasteiger partial charge is 0.420 e. The van der Waals surface area contributed by atoms with E-state index in [-0.39, 0.29) is 0 Å². The normalized spacial score (nSPS) is 12.0. The molecular weight excluding hydrogens is 1430 g/mol. The zero-order valence-electron chi connectivity index (χ0n) is 77.6. The summed E-state index contributed by atoms with van der Waals surface area (Å²) in [5, 5.41) is 0. The molecule has 17 heteroatoms. The fourth-order valence-electron chi connectivity index (χ4n) is 14.3. The minimum Gasteiger partial charge on any atom is -0.420 e. The standard InChI is InChI=1S/C21H46OSi.C19H42O3Si.C18H40O3Si.C17H38O2Si.C16H36O3Si/c1-5-6-7-8-9-10-11-12-13-14-15-16-17-18-19-20-21-23(3,4)22-2;1-5-6-7-8-9-10-11-12-13-14-15-16-17-18-19-23(20-2,21-3)22-4;1-5-9-10-11-12-13-14-15-16-17-18-22(19-6-2,20-7-3)21-8-4;1-5-8-9-10-11-12-13-14-15-16-17-20(4,18-6-2)19-7-3;1-5-9-10-11-12-13-14-15-16-20(17-6-2,18-7-3)19-8-4/h5-21H2,1-4H3;5-19H2,1-4H3;5-18H2,1-4H3;5-17H2,1-4H3;5-16H2,1-4H3. The molecular formula is C91H202O12Si5. The zero-order valence-corrected chi connectivity index (χ0v) is 82.6. The summed E-state index contributed by atoms with van der Waals surface area (Å²) in [7, 11) is -3.23. The van der Waals surface area contributed by atoms with Gasteiger partial charge in [0.2, 0.25) is 0 Å². The largest absolute Gasteiger partial charge is 0.500 e. The summed E-state index contributed by atoms with van der Waals surface area (Å²) in [6, 6.07) is 5.37. The van der Waals surface area contributed by atoms with Crippen LogP contribution in [-0.4, -0.2) is 125 Å². The molecule has 0 spiro atoms. The van der Waals surface area contributed by atoms with E-state index < -0.39 is 43.3 Å². The molecule has 0 bridgehead atoms. The molecule has 0 atom stereocenters. The van der Waals surface area contributed by atoms with Gasteiger partial charge < -0.3 is 53.1 Å². The molecule has 0 aromatic heterocycles. The topological polar surface area (TPSA) is 111 Å². The maximum absolute atomic E-state index is 5.89. The summed E-state index contributed by atoms with van der Waals surface area (Å²) < 4.78 is 68.9. The van der Waals surface area contributed by atoms with Gasteiger partial charge in [-0.2, -0.15) is 0 Å². The van der Waals surface area contributed by atoms with Crippen molar-refractivity contribution < 1.29 is 53.1 Å². The van der Waals surface area contributed by atoms with Crippen molar-refractivity contribution in [2.45, 2.75) is 512 Å². The monoisotopic (exact) mass is 1630 g/mol. The Morgan fingerprint density at radius 1 is 0.148 bits per heavy atom. The number of rotatable bonds is 83. The van der Waals surface area contributed by atoms with E-state index in [9.17, 15) is 0 Å². The van der Waals surface area contributed by atoms with Crippen molar-refractivity contribution in [2.75, 3.05) is 81.3 Å². The molecule has 0 saturated heterocycles. The minimum absolute atomic E-state index is 0.684. The average molecular weight is 1630 g/mol. The zero-order chi connectivity index (χ0) is 81.2. The van der Waals surface area contributed by atoms with Crippen LogP contribution in [0.5, 0.6) is 0 Å². The van der Waals surface area contributed by atoms with E-state index in [1.807, 2.05) is 48.7 Å². The number of hydrogen-bond donors (Lipinski definition) is 0. The summed E-state index contributed by atoms with van der Waals surface area (Å²) in [5.41, 5.74) is 0. The van der Waals surface area contributed by atoms with Gasteiger partial charge in [0.25, 0.3) is 0 Å². The minimum atomic E-state index is -2.39. The van der Waals surface area contributed by atoms with Gasteiger partial charge in [-0.25, -0.2) is 0 Å². The number of unbranched alkanes of at least 4 members (excludes halogenated alkanes) is 53. The third kappa shape index (κ3) is 86.0. The third-order valence-electron chi connectivity index (χ3n) is 21.2. The van der Waals surface area contributed by atoms with E-state index in [1.54, 1.807) is 21.3 Å². The predicted molar refractivity (Wildman–Crippen MR) is 488 cm³/mol. The van der Waals surface area contributed by atoms with Crippen LogP contribution in [0.2, 0.25) is 49.9 Å². The van der Waals surface area contributed by atoms with Gasteiger partial charge in [0.05, 0.1) is 0 Å². The van der Waals surface area contributed by atoms with E-state index in [1.165, 1.54) is 372 Å². The summed E-state index contributed by atoms with van der Waals surface area (Å²) >= 11 is 0. The third-order valence-corrected chi connectivity index (χ3v) is 36.1. The second kappa shape index (κ2) is 94.8. The Hall–Kier alpha value is 0.604. The van der Waals surface area contributed by atoms with Crippen LogP contribution in [0.3, 0.4) is 0 Å². The highest BCUT2D eigenvalue weighted by Gasteiger charge is 2.41. The molecule has 0 aromatic rings. The lowest BCUT2D eigenvalue weighted by atomic mass is 10.0. The molecule has 0 aliphatic carbocycles. The van der Waals surface area contributed by atoms with E-state index in [0.29, 0.717) is 39.6 Å². The molecule has 108 heavy (non-hydrogen) atoms. The molecule has 0 aliphatic heterocycles. The molecule has 0 fully saturated rings. The highest BCUT2D eigenvalue weighted by Crippen LogP contribution is 2.26. The van der Waals surface area contributed by atoms with Gasteiger partial charge in [-0.05, 0) is 106 Å². The molecule has 0 radical (unpaired) electrons. The van der Waals surface area contributed by atoms with Gasteiger partial charge in [0.1, 0.15) is 0 Å². The summed E-state index contributed by atoms with van der Waals surface area (Å²) in [6.07, 6.45) is 80.6. The Labute approximate surface area is 685 Å². The van der Waals surface area contributed by atoms with Crippen LogP contribution in [0.25, 0.3) is 0 Å². The molecule has 0 unspecified atom stereocenters. The van der Waals surface area contributed by atoms with Gasteiger partial charge in [0.15, 0.2) is 8.32 Å². The van der Waals surface area contributed by atoms with Gasteiger partial charge in [-0.1, -0.05) is 388 Å². The van der Waals surface area contributed by atoms with Gasteiger partial charge in [0, 0.05) is 99.4 Å². The molecule has 658 valence electrons. The first-order chi connectivity index (χ1) is 52.5. The van der Waals surface area contributed by atoms with E-state index in [4.69, 9.17) is 53.1 Å². The average Bonchev–Trinajstić information content (AvgIpc) is 0.835. The maximum atomic E-state index is 5.89. The van der Waals surface area contributed by atoms with Crippen molar-refractivity contribution in [1.82, 2.24) is 0 Å². The van der Waals surface area contributed by atoms with Crippen molar-refractivity contribution in [2.24, 2.45) is 0 Å². The van der Waals surface area contributed by atoms with Crippen LogP contribution in [0.15, 0.2) is 0 Å². The van der Waals surface area contributed by atoms with Gasteiger partial charge >= 0.3 is 35.0 Å². The Bertz CT molecular complexity index is 1560. The molecule has 12 nitrogen and oxygen atoms in total. The molecule has 0 saturated carbocycles. The van der Waals surface area contributed by atoms with Crippen LogP contribution in [0, 0.1) is 0 Å². The SMILES string of the molecule is CCCCCCCCCCCCCCCCCC[Si](C)(C)OC.CCCCCCCCCCCCCCCC[Si](OC)(OC)OC.CCCCCCCCCCCC[Si](C)(OCC)OCC.CCCCCCCCCCCC[Si](OCC)(OCC)OCC.CCCCCCCCCC[Si](OCC)(OCC)OCC. The van der Waals surface area contributed by atoms with Crippen molar-refractivity contribution in [3.05, 3.63) is 0 Å². The second-order valence-corrected chi connectivity index (χ2v) is 48.0. The van der Waals surface area contributed by atoms with E-state index >= 15 is 0 Å². The van der Waals surface area contributed by atoms with Crippen LogP contribution >= 0.6 is 0 Å². The molecule has 0 aliphatic rings. The quantitative estimate of drug-likeness (QED) is 0.0427. The van der Waals surface area contributed by atoms with Gasteiger partial charge in [-0.3, -0.25) is 0 Å². The Morgan fingerprint density at radius 2 is 0.296 bits per heavy atom. The van der Waals surface area contributed by atoms with Crippen LogP contribution in [0.4, 0.5) is 0 Å². The first-order valence-corrected chi connectivity index (χ1v) is 59.3. The van der Waals surface area contributed by atoms with Crippen molar-refractivity contribution >= 4 is 43.3 Å². The highest BCUT2D eigenvalue weighted by molar-refractivity contribution is 6.71. The Balaban J connectivity index is -0.000000410. The number of hydrogen-bond acceptors (Lipinski definition) is 12.